The highest BCUT2D eigenvalue weighted by molar-refractivity contribution is 6.05. The average Bonchev–Trinajstić information content (AvgIpc) is 2.58. The van der Waals surface area contributed by atoms with E-state index in [4.69, 9.17) is 0 Å². The maximum atomic E-state index is 11.5. The Balaban J connectivity index is 2.25. The van der Waals surface area contributed by atoms with Crippen LogP contribution in [0.25, 0.3) is 0 Å². The molecule has 0 unspecified atom stereocenters. The third kappa shape index (κ3) is 0.813. The maximum Gasteiger partial charge on any atom is 0.234 e. The molecule has 2 amide bonds. The number of nitrogens with zero attached hydrogens (tertiary/aromatic N) is 1. The van der Waals surface area contributed by atoms with E-state index in [1.165, 1.54) is 4.90 Å². The van der Waals surface area contributed by atoms with Crippen LogP contribution in [0, 0.1) is 11.8 Å². The Morgan fingerprint density at radius 1 is 1.33 bits per heavy atom. The topological polar surface area (TPSA) is 49.4 Å². The van der Waals surface area contributed by atoms with Crippen LogP contribution in [0.15, 0.2) is 0 Å². The zero-order valence-corrected chi connectivity index (χ0v) is 7.04. The van der Waals surface area contributed by atoms with Crippen molar-refractivity contribution in [3.63, 3.8) is 0 Å². The molecule has 66 valence electrons. The normalized spacial score (nSPS) is 34.6. The summed E-state index contributed by atoms with van der Waals surface area (Å²) in [5.41, 5.74) is 0. The molecule has 2 aliphatic rings. The van der Waals surface area contributed by atoms with Gasteiger partial charge in [0, 0.05) is 19.6 Å². The van der Waals surface area contributed by atoms with Gasteiger partial charge in [0.15, 0.2) is 0 Å². The van der Waals surface area contributed by atoms with Gasteiger partial charge in [0.2, 0.25) is 11.8 Å². The molecule has 0 bridgehead atoms. The van der Waals surface area contributed by atoms with Crippen molar-refractivity contribution in [2.24, 2.45) is 11.8 Å². The number of nitrogens with one attached hydrogen (secondary N) is 1. The largest absolute Gasteiger partial charge is 0.315 e. The maximum absolute atomic E-state index is 11.5. The second-order valence-corrected chi connectivity index (χ2v) is 3.29. The fourth-order valence-electron chi connectivity index (χ4n) is 2.02. The van der Waals surface area contributed by atoms with Gasteiger partial charge in [-0.2, -0.15) is 0 Å². The summed E-state index contributed by atoms with van der Waals surface area (Å²) < 4.78 is 0. The summed E-state index contributed by atoms with van der Waals surface area (Å²) in [6, 6.07) is 0. The number of fused-ring (bicyclic) bond motifs is 1. The number of rotatable bonds is 1. The predicted octanol–water partition coefficient (Wildman–Crippen LogP) is -0.789. The standard InChI is InChI=1S/C8H12N2O2/c1-2-10-7(11)5-3-9-4-6(5)8(10)12/h5-6,9H,2-4H2,1H3/t5-,6-/m1/s1. The molecule has 4 heteroatoms. The van der Waals surface area contributed by atoms with Crippen molar-refractivity contribution in [1.82, 2.24) is 10.2 Å². The fraction of sp³-hybridized carbons (Fsp3) is 0.750. The van der Waals surface area contributed by atoms with E-state index in [2.05, 4.69) is 5.32 Å². The summed E-state index contributed by atoms with van der Waals surface area (Å²) in [6.45, 7) is 3.70. The molecule has 1 N–H and O–H groups in total. The SMILES string of the molecule is CCN1C(=O)[C@@H]2CNC[C@H]2C1=O. The quantitative estimate of drug-likeness (QED) is 0.522. The van der Waals surface area contributed by atoms with E-state index in [1.54, 1.807) is 0 Å². The van der Waals surface area contributed by atoms with Gasteiger partial charge >= 0.3 is 0 Å². The molecular formula is C8H12N2O2. The van der Waals surface area contributed by atoms with E-state index in [1.807, 2.05) is 6.92 Å². The van der Waals surface area contributed by atoms with Gasteiger partial charge in [-0.15, -0.1) is 0 Å². The van der Waals surface area contributed by atoms with E-state index in [0.29, 0.717) is 19.6 Å². The minimum atomic E-state index is -0.0718. The van der Waals surface area contributed by atoms with E-state index in [-0.39, 0.29) is 23.7 Å². The Labute approximate surface area is 70.9 Å². The zero-order chi connectivity index (χ0) is 8.72. The summed E-state index contributed by atoms with van der Waals surface area (Å²) in [6.07, 6.45) is 0. The van der Waals surface area contributed by atoms with Crippen LogP contribution in [0.3, 0.4) is 0 Å². The van der Waals surface area contributed by atoms with Crippen LogP contribution in [-0.4, -0.2) is 36.3 Å². The number of likely N-dealkylation sites (tertiary alicyclic amines) is 1. The Kier molecular flexibility index (Phi) is 1.65. The van der Waals surface area contributed by atoms with Crippen LogP contribution in [-0.2, 0) is 9.59 Å². The van der Waals surface area contributed by atoms with Crippen molar-refractivity contribution in [2.45, 2.75) is 6.92 Å². The number of carbonyl (C=O) groups is 2. The molecule has 0 saturated carbocycles. The number of hydrogen-bond donors (Lipinski definition) is 1. The number of hydrogen-bond acceptors (Lipinski definition) is 3. The van der Waals surface area contributed by atoms with E-state index < -0.39 is 0 Å². The molecule has 2 heterocycles. The van der Waals surface area contributed by atoms with Crippen LogP contribution in [0.5, 0.6) is 0 Å². The summed E-state index contributed by atoms with van der Waals surface area (Å²) in [7, 11) is 0. The second-order valence-electron chi connectivity index (χ2n) is 3.29. The molecule has 2 saturated heterocycles. The molecule has 12 heavy (non-hydrogen) atoms. The van der Waals surface area contributed by atoms with Crippen LogP contribution >= 0.6 is 0 Å². The van der Waals surface area contributed by atoms with E-state index >= 15 is 0 Å². The molecule has 0 radical (unpaired) electrons. The zero-order valence-electron chi connectivity index (χ0n) is 7.04. The first-order chi connectivity index (χ1) is 5.75. The molecule has 4 nitrogen and oxygen atoms in total. The minimum Gasteiger partial charge on any atom is -0.315 e. The van der Waals surface area contributed by atoms with Crippen LogP contribution in [0.2, 0.25) is 0 Å². The molecule has 0 spiro atoms. The van der Waals surface area contributed by atoms with Crippen molar-refractivity contribution in [3.8, 4) is 0 Å². The van der Waals surface area contributed by atoms with E-state index in [9.17, 15) is 9.59 Å². The van der Waals surface area contributed by atoms with E-state index in [0.717, 1.165) is 0 Å². The van der Waals surface area contributed by atoms with Gasteiger partial charge in [0.05, 0.1) is 11.8 Å². The lowest BCUT2D eigenvalue weighted by Crippen LogP contribution is -2.34. The third-order valence-electron chi connectivity index (χ3n) is 2.70. The molecular weight excluding hydrogens is 156 g/mol. The van der Waals surface area contributed by atoms with Gasteiger partial charge in [0.1, 0.15) is 0 Å². The fourth-order valence-corrected chi connectivity index (χ4v) is 2.02. The summed E-state index contributed by atoms with van der Waals surface area (Å²) >= 11 is 0. The highest BCUT2D eigenvalue weighted by atomic mass is 16.2. The highest BCUT2D eigenvalue weighted by Gasteiger charge is 2.48. The Morgan fingerprint density at radius 2 is 1.83 bits per heavy atom. The minimum absolute atomic E-state index is 0.0116. The van der Waals surface area contributed by atoms with Crippen molar-refractivity contribution in [2.75, 3.05) is 19.6 Å². The second kappa shape index (κ2) is 2.55. The predicted molar refractivity (Wildman–Crippen MR) is 42.2 cm³/mol. The van der Waals surface area contributed by atoms with Crippen molar-refractivity contribution in [1.29, 1.82) is 0 Å². The van der Waals surface area contributed by atoms with Crippen LogP contribution in [0.1, 0.15) is 6.92 Å². The number of carbonyl (C=O) groups excluding carboxylic acids is 2. The summed E-state index contributed by atoms with van der Waals surface area (Å²) in [5.74, 6) is -0.120. The lowest BCUT2D eigenvalue weighted by atomic mass is 10.00. The van der Waals surface area contributed by atoms with Crippen molar-refractivity contribution in [3.05, 3.63) is 0 Å². The highest BCUT2D eigenvalue weighted by Crippen LogP contribution is 2.28. The third-order valence-corrected chi connectivity index (χ3v) is 2.70. The first-order valence-corrected chi connectivity index (χ1v) is 4.31. The van der Waals surface area contributed by atoms with Gasteiger partial charge < -0.3 is 5.32 Å². The van der Waals surface area contributed by atoms with Crippen molar-refractivity contribution < 1.29 is 9.59 Å². The molecule has 0 aromatic rings. The Morgan fingerprint density at radius 3 is 2.25 bits per heavy atom. The molecule has 2 fully saturated rings. The number of amides is 2. The molecule has 0 aromatic heterocycles. The monoisotopic (exact) mass is 168 g/mol. The lowest BCUT2D eigenvalue weighted by molar-refractivity contribution is -0.139. The first kappa shape index (κ1) is 7.73. The molecule has 0 aromatic carbocycles. The van der Waals surface area contributed by atoms with Gasteiger partial charge in [-0.25, -0.2) is 0 Å². The van der Waals surface area contributed by atoms with Gasteiger partial charge in [-0.1, -0.05) is 0 Å². The summed E-state index contributed by atoms with van der Waals surface area (Å²) in [4.78, 5) is 24.4. The molecule has 2 rings (SSSR count). The van der Waals surface area contributed by atoms with Gasteiger partial charge in [-0.05, 0) is 6.92 Å². The summed E-state index contributed by atoms with van der Waals surface area (Å²) in [5, 5.41) is 3.06. The molecule has 2 atom stereocenters. The Bertz CT molecular complexity index is 217. The molecule has 2 aliphatic heterocycles. The van der Waals surface area contributed by atoms with Gasteiger partial charge in [-0.3, -0.25) is 14.5 Å². The van der Waals surface area contributed by atoms with Crippen LogP contribution < -0.4 is 5.32 Å². The molecule has 0 aliphatic carbocycles. The smallest absolute Gasteiger partial charge is 0.234 e. The van der Waals surface area contributed by atoms with Crippen LogP contribution in [0.4, 0.5) is 0 Å². The van der Waals surface area contributed by atoms with Gasteiger partial charge in [0.25, 0.3) is 0 Å². The number of imide groups is 1. The average molecular weight is 168 g/mol. The Hall–Kier alpha value is -0.900. The first-order valence-electron chi connectivity index (χ1n) is 4.31. The van der Waals surface area contributed by atoms with Crippen molar-refractivity contribution >= 4 is 11.8 Å². The lowest BCUT2D eigenvalue weighted by Gasteiger charge is -2.12.